The zero-order valence-electron chi connectivity index (χ0n) is 20.2. The first-order valence-corrected chi connectivity index (χ1v) is 11.6. The third-order valence-electron chi connectivity index (χ3n) is 5.48. The molecule has 0 saturated heterocycles. The number of amides is 1. The SMILES string of the molecule is CN(Cc1ccn(C)n1)C(=O)Cn1nc(-c2ccc(OC(F)F)cc2)c(Cl)c1-c1ccc(OC(F)F)cc1. The van der Waals surface area contributed by atoms with E-state index in [0.717, 1.165) is 0 Å². The van der Waals surface area contributed by atoms with Crippen molar-refractivity contribution in [1.29, 1.82) is 0 Å². The molecule has 0 aliphatic rings. The Hall–Kier alpha value is -4.06. The molecule has 8 nitrogen and oxygen atoms in total. The topological polar surface area (TPSA) is 74.4 Å². The number of aromatic nitrogens is 4. The zero-order valence-corrected chi connectivity index (χ0v) is 20.9. The molecule has 4 aromatic rings. The molecular weight excluding hydrogens is 530 g/mol. The molecule has 4 rings (SSSR count). The number of halogens is 5. The Morgan fingerprint density at radius 2 is 1.47 bits per heavy atom. The van der Waals surface area contributed by atoms with Gasteiger partial charge in [-0.25, -0.2) is 0 Å². The lowest BCUT2D eigenvalue weighted by Crippen LogP contribution is -2.30. The molecule has 0 aliphatic carbocycles. The van der Waals surface area contributed by atoms with E-state index in [1.807, 2.05) is 0 Å². The maximum absolute atomic E-state index is 13.1. The lowest BCUT2D eigenvalue weighted by Gasteiger charge is -2.17. The van der Waals surface area contributed by atoms with Crippen LogP contribution in [0.2, 0.25) is 5.02 Å². The Balaban J connectivity index is 1.67. The van der Waals surface area contributed by atoms with Gasteiger partial charge in [0, 0.05) is 31.4 Å². The van der Waals surface area contributed by atoms with Crippen molar-refractivity contribution < 1.29 is 31.8 Å². The van der Waals surface area contributed by atoms with Crippen LogP contribution >= 0.6 is 11.6 Å². The minimum atomic E-state index is -2.98. The molecule has 0 saturated carbocycles. The predicted octanol–water partition coefficient (Wildman–Crippen LogP) is 5.47. The van der Waals surface area contributed by atoms with Gasteiger partial charge in [-0.3, -0.25) is 14.2 Å². The van der Waals surface area contributed by atoms with Gasteiger partial charge in [0.15, 0.2) is 0 Å². The van der Waals surface area contributed by atoms with Crippen LogP contribution in [0.3, 0.4) is 0 Å². The molecule has 200 valence electrons. The van der Waals surface area contributed by atoms with E-state index in [-0.39, 0.29) is 35.5 Å². The van der Waals surface area contributed by atoms with Gasteiger partial charge in [0.2, 0.25) is 5.91 Å². The highest BCUT2D eigenvalue weighted by atomic mass is 35.5. The highest BCUT2D eigenvalue weighted by molar-refractivity contribution is 6.35. The quantitative estimate of drug-likeness (QED) is 0.245. The molecule has 38 heavy (non-hydrogen) atoms. The first-order chi connectivity index (χ1) is 18.1. The molecule has 1 amide bonds. The molecule has 0 atom stereocenters. The molecule has 0 spiro atoms. The van der Waals surface area contributed by atoms with Crippen molar-refractivity contribution in [3.8, 4) is 34.0 Å². The number of carbonyl (C=O) groups is 1. The second-order valence-electron chi connectivity index (χ2n) is 8.21. The summed E-state index contributed by atoms with van der Waals surface area (Å²) in [5, 5.41) is 8.98. The summed E-state index contributed by atoms with van der Waals surface area (Å²) in [6.45, 7) is -5.88. The molecular formula is C25H22ClF4N5O3. The number of likely N-dealkylation sites (N-methyl/N-ethyl adjacent to an activating group) is 1. The number of nitrogens with zero attached hydrogens (tertiary/aromatic N) is 5. The Bertz CT molecular complexity index is 1390. The largest absolute Gasteiger partial charge is 0.435 e. The minimum Gasteiger partial charge on any atom is -0.435 e. The molecule has 0 N–H and O–H groups in total. The standard InChI is InChI=1S/C25H22ClF4N5O3/c1-33(13-17-11-12-34(2)31-17)20(36)14-35-23(16-5-9-19(10-6-16)38-25(29)30)21(26)22(32-35)15-3-7-18(8-4-15)37-24(27)28/h3-12,24-25H,13-14H2,1-2H3. The fourth-order valence-electron chi connectivity index (χ4n) is 3.73. The van der Waals surface area contributed by atoms with Crippen LogP contribution in [-0.2, 0) is 24.9 Å². The van der Waals surface area contributed by atoms with Crippen LogP contribution in [0.4, 0.5) is 17.6 Å². The lowest BCUT2D eigenvalue weighted by atomic mass is 10.1. The predicted molar refractivity (Wildman–Crippen MR) is 131 cm³/mol. The average molecular weight is 552 g/mol. The summed E-state index contributed by atoms with van der Waals surface area (Å²) in [4.78, 5) is 14.6. The highest BCUT2D eigenvalue weighted by Crippen LogP contribution is 2.37. The first-order valence-electron chi connectivity index (χ1n) is 11.2. The molecule has 0 fully saturated rings. The fourth-order valence-corrected chi connectivity index (χ4v) is 4.08. The smallest absolute Gasteiger partial charge is 0.387 e. The van der Waals surface area contributed by atoms with Crippen LogP contribution in [0.15, 0.2) is 60.8 Å². The monoisotopic (exact) mass is 551 g/mol. The average Bonchev–Trinajstić information content (AvgIpc) is 3.41. The lowest BCUT2D eigenvalue weighted by molar-refractivity contribution is -0.131. The van der Waals surface area contributed by atoms with Gasteiger partial charge in [0.25, 0.3) is 0 Å². The summed E-state index contributed by atoms with van der Waals surface area (Å²) in [5.41, 5.74) is 2.33. The van der Waals surface area contributed by atoms with Gasteiger partial charge >= 0.3 is 13.2 Å². The van der Waals surface area contributed by atoms with Gasteiger partial charge < -0.3 is 14.4 Å². The summed E-state index contributed by atoms with van der Waals surface area (Å²) in [6, 6.07) is 13.2. The van der Waals surface area contributed by atoms with Gasteiger partial charge in [0.05, 0.1) is 23.0 Å². The van der Waals surface area contributed by atoms with E-state index in [2.05, 4.69) is 19.7 Å². The minimum absolute atomic E-state index is 0.0412. The number of ether oxygens (including phenoxy) is 2. The maximum Gasteiger partial charge on any atom is 0.387 e. The molecule has 0 radical (unpaired) electrons. The number of carbonyl (C=O) groups excluding carboxylic acids is 1. The molecule has 2 aromatic heterocycles. The van der Waals surface area contributed by atoms with Gasteiger partial charge in [-0.15, -0.1) is 0 Å². The van der Waals surface area contributed by atoms with E-state index >= 15 is 0 Å². The van der Waals surface area contributed by atoms with E-state index in [0.29, 0.717) is 28.2 Å². The maximum atomic E-state index is 13.1. The Labute approximate surface area is 219 Å². The summed E-state index contributed by atoms with van der Waals surface area (Å²) >= 11 is 6.72. The van der Waals surface area contributed by atoms with E-state index in [4.69, 9.17) is 11.6 Å². The zero-order chi connectivity index (χ0) is 27.4. The summed E-state index contributed by atoms with van der Waals surface area (Å²) < 4.78 is 62.0. The molecule has 0 bridgehead atoms. The van der Waals surface area contributed by atoms with Crippen molar-refractivity contribution in [2.75, 3.05) is 7.05 Å². The second kappa shape index (κ2) is 11.5. The third-order valence-corrected chi connectivity index (χ3v) is 5.84. The fraction of sp³-hybridized carbons (Fsp3) is 0.240. The number of hydrogen-bond acceptors (Lipinski definition) is 5. The summed E-state index contributed by atoms with van der Waals surface area (Å²) in [5.74, 6) is -0.381. The van der Waals surface area contributed by atoms with Gasteiger partial charge in [-0.05, 0) is 54.6 Å². The van der Waals surface area contributed by atoms with Crippen LogP contribution in [0, 0.1) is 0 Å². The van der Waals surface area contributed by atoms with Crippen molar-refractivity contribution in [3.05, 3.63) is 71.5 Å². The molecule has 2 aromatic carbocycles. The van der Waals surface area contributed by atoms with Crippen molar-refractivity contribution in [3.63, 3.8) is 0 Å². The normalized spacial score (nSPS) is 11.3. The van der Waals surface area contributed by atoms with E-state index in [1.54, 1.807) is 31.0 Å². The third kappa shape index (κ3) is 6.43. The number of hydrogen-bond donors (Lipinski definition) is 0. The Kier molecular flexibility index (Phi) is 8.20. The van der Waals surface area contributed by atoms with E-state index < -0.39 is 13.2 Å². The van der Waals surface area contributed by atoms with E-state index in [1.165, 1.54) is 58.1 Å². The van der Waals surface area contributed by atoms with Gasteiger partial charge in [-0.1, -0.05) is 11.6 Å². The highest BCUT2D eigenvalue weighted by Gasteiger charge is 2.23. The van der Waals surface area contributed by atoms with Crippen molar-refractivity contribution in [2.24, 2.45) is 7.05 Å². The van der Waals surface area contributed by atoms with Crippen LogP contribution in [0.25, 0.3) is 22.5 Å². The number of rotatable bonds is 10. The van der Waals surface area contributed by atoms with Crippen LogP contribution < -0.4 is 9.47 Å². The van der Waals surface area contributed by atoms with E-state index in [9.17, 15) is 22.4 Å². The molecule has 0 unspecified atom stereocenters. The summed E-state index contributed by atoms with van der Waals surface area (Å²) in [7, 11) is 3.40. The molecule has 13 heteroatoms. The van der Waals surface area contributed by atoms with Gasteiger partial charge in [0.1, 0.15) is 23.7 Å². The van der Waals surface area contributed by atoms with Gasteiger partial charge in [-0.2, -0.15) is 27.8 Å². The molecule has 0 aliphatic heterocycles. The number of benzene rings is 2. The second-order valence-corrected chi connectivity index (χ2v) is 8.58. The van der Waals surface area contributed by atoms with Crippen LogP contribution in [-0.4, -0.2) is 50.6 Å². The number of aryl methyl sites for hydroxylation is 1. The summed E-state index contributed by atoms with van der Waals surface area (Å²) in [6.07, 6.45) is 1.77. The van der Waals surface area contributed by atoms with Crippen molar-refractivity contribution >= 4 is 17.5 Å². The molecule has 2 heterocycles. The Morgan fingerprint density at radius 1 is 0.921 bits per heavy atom. The Morgan fingerprint density at radius 3 is 1.97 bits per heavy atom. The number of alkyl halides is 4. The van der Waals surface area contributed by atoms with Crippen molar-refractivity contribution in [1.82, 2.24) is 24.5 Å². The van der Waals surface area contributed by atoms with Crippen molar-refractivity contribution in [2.45, 2.75) is 26.3 Å². The van der Waals surface area contributed by atoms with Crippen LogP contribution in [0.1, 0.15) is 5.69 Å². The first kappa shape index (κ1) is 27.0. The van der Waals surface area contributed by atoms with Crippen LogP contribution in [0.5, 0.6) is 11.5 Å².